The number of nitrogens with one attached hydrogen (secondary N) is 3. The summed E-state index contributed by atoms with van der Waals surface area (Å²) in [5.41, 5.74) is 8.62. The van der Waals surface area contributed by atoms with Gasteiger partial charge in [-0.1, -0.05) is 30.3 Å². The molecule has 2 atom stereocenters. The highest BCUT2D eigenvalue weighted by Crippen LogP contribution is 2.19. The van der Waals surface area contributed by atoms with E-state index in [4.69, 9.17) is 0 Å². The van der Waals surface area contributed by atoms with Crippen molar-refractivity contribution in [2.75, 3.05) is 6.54 Å². The van der Waals surface area contributed by atoms with Crippen LogP contribution in [0.25, 0.3) is 0 Å². The van der Waals surface area contributed by atoms with Crippen molar-refractivity contribution in [2.45, 2.75) is 38.3 Å². The Morgan fingerprint density at radius 3 is 2.96 bits per heavy atom. The van der Waals surface area contributed by atoms with Gasteiger partial charge in [-0.05, 0) is 25.3 Å². The third-order valence-corrected chi connectivity index (χ3v) is 4.97. The van der Waals surface area contributed by atoms with Crippen LogP contribution < -0.4 is 16.2 Å². The van der Waals surface area contributed by atoms with Gasteiger partial charge in [0.1, 0.15) is 0 Å². The van der Waals surface area contributed by atoms with Crippen LogP contribution >= 0.6 is 11.3 Å². The fourth-order valence-electron chi connectivity index (χ4n) is 2.80. The maximum atomic E-state index is 12.2. The van der Waals surface area contributed by atoms with Crippen LogP contribution in [0.1, 0.15) is 35.1 Å². The molecular weight excluding hydrogens is 308 g/mol. The normalized spacial score (nSPS) is 20.6. The van der Waals surface area contributed by atoms with Crippen molar-refractivity contribution < 1.29 is 4.79 Å². The number of hydrogen-bond donors (Lipinski definition) is 3. The molecule has 0 saturated carbocycles. The smallest absolute Gasteiger partial charge is 0.220 e. The molecule has 0 radical (unpaired) electrons. The number of hydrazine groups is 1. The lowest BCUT2D eigenvalue weighted by molar-refractivity contribution is -0.121. The number of benzene rings is 1. The summed E-state index contributed by atoms with van der Waals surface area (Å²) in [4.78, 5) is 16.6. The van der Waals surface area contributed by atoms with Crippen LogP contribution in [0.15, 0.2) is 35.7 Å². The average Bonchev–Trinajstić information content (AvgIpc) is 3.17. The van der Waals surface area contributed by atoms with Gasteiger partial charge >= 0.3 is 0 Å². The Labute approximate surface area is 140 Å². The number of amides is 1. The van der Waals surface area contributed by atoms with Crippen molar-refractivity contribution in [3.05, 3.63) is 52.0 Å². The molecule has 2 heterocycles. The zero-order valence-corrected chi connectivity index (χ0v) is 14.0. The molecule has 1 aromatic carbocycles. The molecule has 0 aliphatic carbocycles. The second kappa shape index (κ2) is 7.68. The molecule has 1 aromatic heterocycles. The number of aromatic nitrogens is 1. The second-order valence-corrected chi connectivity index (χ2v) is 6.77. The molecule has 2 unspecified atom stereocenters. The molecule has 0 spiro atoms. The third-order valence-electron chi connectivity index (χ3n) is 3.95. The van der Waals surface area contributed by atoms with Crippen LogP contribution in [0.4, 0.5) is 0 Å². The number of carbonyl (C=O) groups excluding carboxylic acids is 1. The van der Waals surface area contributed by atoms with Gasteiger partial charge in [-0.2, -0.15) is 0 Å². The minimum Gasteiger partial charge on any atom is -0.350 e. The minimum atomic E-state index is 0.0759. The lowest BCUT2D eigenvalue weighted by Gasteiger charge is -2.20. The molecule has 1 aliphatic heterocycles. The lowest BCUT2D eigenvalue weighted by atomic mass is 10.0. The van der Waals surface area contributed by atoms with Crippen LogP contribution in [0.2, 0.25) is 0 Å². The predicted octanol–water partition coefficient (Wildman–Crippen LogP) is 2.11. The molecule has 3 N–H and O–H groups in total. The van der Waals surface area contributed by atoms with Crippen LogP contribution in [-0.4, -0.2) is 23.5 Å². The van der Waals surface area contributed by atoms with E-state index in [0.717, 1.165) is 30.1 Å². The summed E-state index contributed by atoms with van der Waals surface area (Å²) in [6, 6.07) is 10.4. The SMILES string of the molecule is Cc1csc(CCCC(=O)NC2CNNC2c2ccccc2)n1. The summed E-state index contributed by atoms with van der Waals surface area (Å²) in [7, 11) is 0. The molecule has 122 valence electrons. The van der Waals surface area contributed by atoms with Crippen LogP contribution in [0.3, 0.4) is 0 Å². The fraction of sp³-hybridized carbons (Fsp3) is 0.412. The van der Waals surface area contributed by atoms with E-state index in [1.54, 1.807) is 11.3 Å². The highest BCUT2D eigenvalue weighted by Gasteiger charge is 2.29. The summed E-state index contributed by atoms with van der Waals surface area (Å²) >= 11 is 1.67. The van der Waals surface area contributed by atoms with Crippen LogP contribution in [0.5, 0.6) is 0 Å². The van der Waals surface area contributed by atoms with Gasteiger partial charge in [0, 0.05) is 24.0 Å². The van der Waals surface area contributed by atoms with Gasteiger partial charge in [0.2, 0.25) is 5.91 Å². The Bertz CT molecular complexity index is 643. The second-order valence-electron chi connectivity index (χ2n) is 5.82. The van der Waals surface area contributed by atoms with E-state index in [1.165, 1.54) is 5.56 Å². The average molecular weight is 330 g/mol. The Hall–Kier alpha value is -1.76. The highest BCUT2D eigenvalue weighted by atomic mass is 32.1. The van der Waals surface area contributed by atoms with Crippen molar-refractivity contribution in [3.8, 4) is 0 Å². The molecule has 2 aromatic rings. The van der Waals surface area contributed by atoms with Gasteiger partial charge in [-0.25, -0.2) is 10.4 Å². The van der Waals surface area contributed by atoms with E-state index in [2.05, 4.69) is 38.7 Å². The van der Waals surface area contributed by atoms with Crippen molar-refractivity contribution in [2.24, 2.45) is 0 Å². The first-order valence-corrected chi connectivity index (χ1v) is 8.84. The standard InChI is InChI=1S/C17H22N4OS/c1-12-11-23-16(19-12)9-5-8-15(22)20-14-10-18-21-17(14)13-6-3-2-4-7-13/h2-4,6-7,11,14,17-18,21H,5,8-10H2,1H3,(H,20,22). The lowest BCUT2D eigenvalue weighted by Crippen LogP contribution is -2.40. The summed E-state index contributed by atoms with van der Waals surface area (Å²) in [6.45, 7) is 2.73. The fourth-order valence-corrected chi connectivity index (χ4v) is 3.62. The molecule has 1 amide bonds. The molecular formula is C17H22N4OS. The Kier molecular flexibility index (Phi) is 5.38. The largest absolute Gasteiger partial charge is 0.350 e. The van der Waals surface area contributed by atoms with E-state index >= 15 is 0 Å². The minimum absolute atomic E-state index is 0.0759. The van der Waals surface area contributed by atoms with Gasteiger partial charge in [-0.15, -0.1) is 11.3 Å². The van der Waals surface area contributed by atoms with Crippen LogP contribution in [-0.2, 0) is 11.2 Å². The van der Waals surface area contributed by atoms with Gasteiger partial charge in [0.05, 0.1) is 17.1 Å². The van der Waals surface area contributed by atoms with E-state index < -0.39 is 0 Å². The molecule has 23 heavy (non-hydrogen) atoms. The van der Waals surface area contributed by atoms with Crippen molar-refractivity contribution in [3.63, 3.8) is 0 Å². The topological polar surface area (TPSA) is 66.1 Å². The van der Waals surface area contributed by atoms with E-state index in [9.17, 15) is 4.79 Å². The summed E-state index contributed by atoms with van der Waals surface area (Å²) in [6.07, 6.45) is 2.24. The molecule has 1 aliphatic rings. The zero-order chi connectivity index (χ0) is 16.1. The number of aryl methyl sites for hydroxylation is 2. The molecule has 5 nitrogen and oxygen atoms in total. The summed E-state index contributed by atoms with van der Waals surface area (Å²) in [5, 5.41) is 6.30. The van der Waals surface area contributed by atoms with E-state index in [0.29, 0.717) is 6.42 Å². The van der Waals surface area contributed by atoms with E-state index in [-0.39, 0.29) is 18.0 Å². The Balaban J connectivity index is 1.47. The molecule has 3 rings (SSSR count). The van der Waals surface area contributed by atoms with Gasteiger partial charge in [0.15, 0.2) is 0 Å². The highest BCUT2D eigenvalue weighted by molar-refractivity contribution is 7.09. The summed E-state index contributed by atoms with van der Waals surface area (Å²) < 4.78 is 0. The first kappa shape index (κ1) is 16.1. The van der Waals surface area contributed by atoms with E-state index in [1.807, 2.05) is 25.1 Å². The van der Waals surface area contributed by atoms with Crippen molar-refractivity contribution in [1.82, 2.24) is 21.2 Å². The van der Waals surface area contributed by atoms with Gasteiger partial charge in [0.25, 0.3) is 0 Å². The van der Waals surface area contributed by atoms with Gasteiger partial charge in [-0.3, -0.25) is 10.2 Å². The number of rotatable bonds is 6. The zero-order valence-electron chi connectivity index (χ0n) is 13.2. The third kappa shape index (κ3) is 4.37. The predicted molar refractivity (Wildman–Crippen MR) is 92.0 cm³/mol. The number of hydrogen-bond acceptors (Lipinski definition) is 5. The maximum Gasteiger partial charge on any atom is 0.220 e. The first-order chi connectivity index (χ1) is 11.2. The molecule has 1 saturated heterocycles. The quantitative estimate of drug-likeness (QED) is 0.759. The number of thiazole rings is 1. The monoisotopic (exact) mass is 330 g/mol. The Morgan fingerprint density at radius 1 is 1.39 bits per heavy atom. The summed E-state index contributed by atoms with van der Waals surface area (Å²) in [5.74, 6) is 0.106. The molecule has 6 heteroatoms. The van der Waals surface area contributed by atoms with Crippen LogP contribution in [0, 0.1) is 6.92 Å². The Morgan fingerprint density at radius 2 is 2.22 bits per heavy atom. The molecule has 1 fully saturated rings. The van der Waals surface area contributed by atoms with Gasteiger partial charge < -0.3 is 5.32 Å². The maximum absolute atomic E-state index is 12.2. The van der Waals surface area contributed by atoms with Crippen molar-refractivity contribution in [1.29, 1.82) is 0 Å². The van der Waals surface area contributed by atoms with Crippen molar-refractivity contribution >= 4 is 17.2 Å². The first-order valence-electron chi connectivity index (χ1n) is 7.96. The number of carbonyl (C=O) groups is 1. The molecule has 0 bridgehead atoms. The number of nitrogens with zero attached hydrogens (tertiary/aromatic N) is 1.